The standard InChI is InChI=1S/C13H19N3S/c1-10(14)11-7-15-9-16(11)8-13(2,3)12-5-4-6-17-12/h4-7,9-10H,8,14H2,1-3H3/t10-/m1/s1. The van der Waals surface area contributed by atoms with Crippen molar-refractivity contribution in [3.8, 4) is 0 Å². The summed E-state index contributed by atoms with van der Waals surface area (Å²) in [7, 11) is 0. The van der Waals surface area contributed by atoms with Gasteiger partial charge in [0.2, 0.25) is 0 Å². The first-order chi connectivity index (χ1) is 8.00. The zero-order valence-electron chi connectivity index (χ0n) is 10.6. The van der Waals surface area contributed by atoms with Crippen LogP contribution in [0.4, 0.5) is 0 Å². The van der Waals surface area contributed by atoms with E-state index < -0.39 is 0 Å². The van der Waals surface area contributed by atoms with E-state index in [2.05, 4.69) is 40.9 Å². The lowest BCUT2D eigenvalue weighted by Crippen LogP contribution is -2.25. The van der Waals surface area contributed by atoms with Crippen LogP contribution in [0.1, 0.15) is 37.4 Å². The number of aromatic nitrogens is 2. The molecular weight excluding hydrogens is 230 g/mol. The molecule has 0 saturated heterocycles. The average Bonchev–Trinajstić information content (AvgIpc) is 2.85. The number of hydrogen-bond acceptors (Lipinski definition) is 3. The summed E-state index contributed by atoms with van der Waals surface area (Å²) in [6.07, 6.45) is 3.73. The van der Waals surface area contributed by atoms with Gasteiger partial charge >= 0.3 is 0 Å². The molecule has 0 spiro atoms. The molecule has 0 aliphatic heterocycles. The van der Waals surface area contributed by atoms with Crippen LogP contribution in [0.2, 0.25) is 0 Å². The second-order valence-electron chi connectivity index (χ2n) is 5.10. The zero-order valence-corrected chi connectivity index (χ0v) is 11.4. The van der Waals surface area contributed by atoms with Gasteiger partial charge in [-0.1, -0.05) is 19.9 Å². The minimum atomic E-state index is 0.0247. The third kappa shape index (κ3) is 2.58. The number of thiophene rings is 1. The molecule has 0 amide bonds. The molecule has 0 aliphatic carbocycles. The Kier molecular flexibility index (Phi) is 3.35. The van der Waals surface area contributed by atoms with Gasteiger partial charge in [-0.2, -0.15) is 0 Å². The number of nitrogens with zero attached hydrogens (tertiary/aromatic N) is 2. The second kappa shape index (κ2) is 4.63. The molecule has 2 rings (SSSR count). The molecule has 0 unspecified atom stereocenters. The van der Waals surface area contributed by atoms with Crippen molar-refractivity contribution < 1.29 is 0 Å². The molecule has 92 valence electrons. The minimum absolute atomic E-state index is 0.0247. The maximum atomic E-state index is 5.94. The zero-order chi connectivity index (χ0) is 12.5. The van der Waals surface area contributed by atoms with Crippen molar-refractivity contribution in [1.29, 1.82) is 0 Å². The summed E-state index contributed by atoms with van der Waals surface area (Å²) >= 11 is 1.80. The summed E-state index contributed by atoms with van der Waals surface area (Å²) in [6, 6.07) is 4.31. The molecule has 17 heavy (non-hydrogen) atoms. The maximum Gasteiger partial charge on any atom is 0.0948 e. The van der Waals surface area contributed by atoms with E-state index in [0.717, 1.165) is 12.2 Å². The summed E-state index contributed by atoms with van der Waals surface area (Å²) in [5.41, 5.74) is 7.14. The first-order valence-corrected chi connectivity index (χ1v) is 6.68. The molecular formula is C13H19N3S. The summed E-state index contributed by atoms with van der Waals surface area (Å²) in [6.45, 7) is 7.41. The fourth-order valence-electron chi connectivity index (χ4n) is 2.01. The Labute approximate surface area is 106 Å². The van der Waals surface area contributed by atoms with Crippen LogP contribution in [0.15, 0.2) is 30.0 Å². The average molecular weight is 249 g/mol. The first-order valence-electron chi connectivity index (χ1n) is 5.80. The van der Waals surface area contributed by atoms with Gasteiger partial charge < -0.3 is 10.3 Å². The summed E-state index contributed by atoms with van der Waals surface area (Å²) in [4.78, 5) is 5.59. The van der Waals surface area contributed by atoms with Gasteiger partial charge in [0, 0.05) is 29.1 Å². The van der Waals surface area contributed by atoms with Crippen LogP contribution in [0, 0.1) is 0 Å². The predicted molar refractivity (Wildman–Crippen MR) is 72.2 cm³/mol. The third-order valence-corrected chi connectivity index (χ3v) is 4.20. The van der Waals surface area contributed by atoms with Crippen LogP contribution in [-0.4, -0.2) is 9.55 Å². The lowest BCUT2D eigenvalue weighted by atomic mass is 9.91. The number of imidazole rings is 1. The van der Waals surface area contributed by atoms with Crippen molar-refractivity contribution in [3.63, 3.8) is 0 Å². The molecule has 0 fully saturated rings. The molecule has 0 radical (unpaired) electrons. The highest BCUT2D eigenvalue weighted by molar-refractivity contribution is 7.10. The van der Waals surface area contributed by atoms with E-state index >= 15 is 0 Å². The molecule has 0 bridgehead atoms. The Balaban J connectivity index is 2.23. The summed E-state index contributed by atoms with van der Waals surface area (Å²) in [5, 5.41) is 2.12. The highest BCUT2D eigenvalue weighted by Gasteiger charge is 2.23. The lowest BCUT2D eigenvalue weighted by Gasteiger charge is -2.25. The van der Waals surface area contributed by atoms with Crippen LogP contribution in [0.5, 0.6) is 0 Å². The van der Waals surface area contributed by atoms with Crippen LogP contribution in [-0.2, 0) is 12.0 Å². The van der Waals surface area contributed by atoms with Gasteiger partial charge in [0.05, 0.1) is 12.0 Å². The second-order valence-corrected chi connectivity index (χ2v) is 6.04. The van der Waals surface area contributed by atoms with Crippen LogP contribution in [0.3, 0.4) is 0 Å². The molecule has 0 aliphatic rings. The third-order valence-electron chi connectivity index (χ3n) is 2.96. The van der Waals surface area contributed by atoms with Crippen molar-refractivity contribution in [1.82, 2.24) is 9.55 Å². The van der Waals surface area contributed by atoms with Crippen molar-refractivity contribution >= 4 is 11.3 Å². The molecule has 3 nitrogen and oxygen atoms in total. The fourth-order valence-corrected chi connectivity index (χ4v) is 2.85. The van der Waals surface area contributed by atoms with E-state index in [9.17, 15) is 0 Å². The van der Waals surface area contributed by atoms with Gasteiger partial charge in [0.15, 0.2) is 0 Å². The van der Waals surface area contributed by atoms with Gasteiger partial charge in [-0.3, -0.25) is 0 Å². The summed E-state index contributed by atoms with van der Waals surface area (Å²) < 4.78 is 2.16. The van der Waals surface area contributed by atoms with Crippen LogP contribution in [0.25, 0.3) is 0 Å². The van der Waals surface area contributed by atoms with Gasteiger partial charge in [0.1, 0.15) is 0 Å². The highest BCUT2D eigenvalue weighted by Crippen LogP contribution is 2.29. The molecule has 2 aromatic heterocycles. The van der Waals surface area contributed by atoms with Gasteiger partial charge in [-0.15, -0.1) is 11.3 Å². The maximum absolute atomic E-state index is 5.94. The van der Waals surface area contributed by atoms with Crippen molar-refractivity contribution in [3.05, 3.63) is 40.6 Å². The van der Waals surface area contributed by atoms with Crippen molar-refractivity contribution in [2.75, 3.05) is 0 Å². The van der Waals surface area contributed by atoms with Crippen molar-refractivity contribution in [2.45, 2.75) is 38.8 Å². The van der Waals surface area contributed by atoms with Gasteiger partial charge in [-0.25, -0.2) is 4.98 Å². The molecule has 2 N–H and O–H groups in total. The monoisotopic (exact) mass is 249 g/mol. The van der Waals surface area contributed by atoms with Crippen LogP contribution >= 0.6 is 11.3 Å². The lowest BCUT2D eigenvalue weighted by molar-refractivity contribution is 0.429. The van der Waals surface area contributed by atoms with E-state index in [4.69, 9.17) is 5.73 Å². The molecule has 0 saturated carbocycles. The number of rotatable bonds is 4. The van der Waals surface area contributed by atoms with E-state index in [1.54, 1.807) is 11.3 Å². The van der Waals surface area contributed by atoms with Crippen molar-refractivity contribution in [2.24, 2.45) is 5.73 Å². The molecule has 2 heterocycles. The van der Waals surface area contributed by atoms with E-state index in [0.29, 0.717) is 0 Å². The molecule has 1 atom stereocenters. The van der Waals surface area contributed by atoms with E-state index in [1.807, 2.05) is 19.4 Å². The number of hydrogen-bond donors (Lipinski definition) is 1. The number of nitrogens with two attached hydrogens (primary N) is 1. The van der Waals surface area contributed by atoms with Gasteiger partial charge in [0.25, 0.3) is 0 Å². The van der Waals surface area contributed by atoms with Crippen LogP contribution < -0.4 is 5.73 Å². The smallest absolute Gasteiger partial charge is 0.0948 e. The van der Waals surface area contributed by atoms with Gasteiger partial charge in [-0.05, 0) is 18.4 Å². The Hall–Kier alpha value is -1.13. The summed E-state index contributed by atoms with van der Waals surface area (Å²) in [5.74, 6) is 0. The van der Waals surface area contributed by atoms with E-state index in [-0.39, 0.29) is 11.5 Å². The topological polar surface area (TPSA) is 43.8 Å². The largest absolute Gasteiger partial charge is 0.332 e. The molecule has 2 aromatic rings. The normalized spacial score (nSPS) is 13.9. The fraction of sp³-hybridized carbons (Fsp3) is 0.462. The quantitative estimate of drug-likeness (QED) is 0.905. The molecule has 4 heteroatoms. The van der Waals surface area contributed by atoms with E-state index in [1.165, 1.54) is 4.88 Å². The Bertz CT molecular complexity index is 469. The first kappa shape index (κ1) is 12.3. The highest BCUT2D eigenvalue weighted by atomic mass is 32.1. The Morgan fingerprint density at radius 3 is 2.88 bits per heavy atom. The minimum Gasteiger partial charge on any atom is -0.332 e. The Morgan fingerprint density at radius 1 is 1.53 bits per heavy atom. The molecule has 0 aromatic carbocycles. The Morgan fingerprint density at radius 2 is 2.29 bits per heavy atom. The predicted octanol–water partition coefficient (Wildman–Crippen LogP) is 2.94. The SMILES string of the molecule is C[C@@H](N)c1cncn1CC(C)(C)c1cccs1.